The third-order valence-corrected chi connectivity index (χ3v) is 12.5. The van der Waals surface area contributed by atoms with E-state index in [2.05, 4.69) is 15.3 Å². The van der Waals surface area contributed by atoms with E-state index in [1.807, 2.05) is 12.1 Å². The molecule has 8 N–H and O–H groups in total. The van der Waals surface area contributed by atoms with Crippen molar-refractivity contribution in [3.8, 4) is 11.5 Å². The Labute approximate surface area is 347 Å². The average Bonchev–Trinajstić information content (AvgIpc) is 3.91. The standard InChI is InChI=1S/C43H43N5O13/c44-42-46-39-30(40(57)47-42)45-19-48(39)28-6-2-1-5-23(28)22-10-14-59-43(11-3-4-12-43)38-34(55)33(54)35(56)41(61-38)60-36-26(22)16-27-29(37(36)58-18-21(51)9-13-49)32(53)25-15-20(17-50)7-8-24(25)31(27)52/h1-2,5-8,13,15-16,21-22,33-35,38,41,50-51,54-56H,3-4,9-12,14,17-19H2,(H2,44,47,57)/p+1. The van der Waals surface area contributed by atoms with E-state index in [4.69, 9.17) is 24.4 Å². The van der Waals surface area contributed by atoms with Crippen LogP contribution in [-0.4, -0.2) is 129 Å². The number of guanidine groups is 1. The lowest BCUT2D eigenvalue weighted by Crippen LogP contribution is -3.09. The summed E-state index contributed by atoms with van der Waals surface area (Å²) >= 11 is 0. The van der Waals surface area contributed by atoms with Crippen molar-refractivity contribution < 1.29 is 68.6 Å². The fourth-order valence-electron chi connectivity index (χ4n) is 9.48. The van der Waals surface area contributed by atoms with Crippen molar-refractivity contribution in [1.29, 1.82) is 5.41 Å². The second-order valence-corrected chi connectivity index (χ2v) is 16.1. The van der Waals surface area contributed by atoms with Crippen LogP contribution in [0.25, 0.3) is 0 Å². The van der Waals surface area contributed by atoms with Gasteiger partial charge in [-0.2, -0.15) is 4.99 Å². The molecule has 61 heavy (non-hydrogen) atoms. The maximum atomic E-state index is 14.7. The van der Waals surface area contributed by atoms with Gasteiger partial charge in [0.15, 0.2) is 29.7 Å². The number of aldehydes is 1. The van der Waals surface area contributed by atoms with Gasteiger partial charge in [0, 0.05) is 46.8 Å². The summed E-state index contributed by atoms with van der Waals surface area (Å²) in [4.78, 5) is 63.0. The van der Waals surface area contributed by atoms with Crippen LogP contribution in [0.5, 0.6) is 11.5 Å². The van der Waals surface area contributed by atoms with E-state index in [9.17, 15) is 44.7 Å². The van der Waals surface area contributed by atoms with Crippen LogP contribution in [0.2, 0.25) is 0 Å². The Morgan fingerprint density at radius 1 is 0.984 bits per heavy atom. The minimum Gasteiger partial charge on any atom is -0.486 e. The number of amidine groups is 1. The monoisotopic (exact) mass is 838 g/mol. The summed E-state index contributed by atoms with van der Waals surface area (Å²) in [5.74, 6) is -3.25. The van der Waals surface area contributed by atoms with Crippen LogP contribution in [0.1, 0.15) is 93.0 Å². The third kappa shape index (κ3) is 6.88. The zero-order valence-corrected chi connectivity index (χ0v) is 32.7. The number of aliphatic hydroxyl groups excluding tert-OH is 5. The molecule has 1 amide bonds. The van der Waals surface area contributed by atoms with Crippen LogP contribution in [0.15, 0.2) is 58.5 Å². The van der Waals surface area contributed by atoms with Gasteiger partial charge >= 0.3 is 0 Å². The molecular formula is C43H44N5O13+. The predicted octanol–water partition coefficient (Wildman–Crippen LogP) is -0.274. The first-order valence-corrected chi connectivity index (χ1v) is 20.2. The van der Waals surface area contributed by atoms with Crippen LogP contribution >= 0.6 is 0 Å². The van der Waals surface area contributed by atoms with Crippen molar-refractivity contribution in [2.45, 2.75) is 93.5 Å². The Kier molecular flexibility index (Phi) is 10.7. The first-order chi connectivity index (χ1) is 29.4. The lowest BCUT2D eigenvalue weighted by atomic mass is 9.78. The molecule has 18 nitrogen and oxygen atoms in total. The molecule has 1 saturated heterocycles. The summed E-state index contributed by atoms with van der Waals surface area (Å²) in [6.45, 7) is -0.886. The number of nitrogens with one attached hydrogen (secondary N) is 3. The number of rotatable bonds is 8. The Hall–Kier alpha value is -5.57. The second kappa shape index (κ2) is 16.0. The molecule has 8 unspecified atom stereocenters. The summed E-state index contributed by atoms with van der Waals surface area (Å²) < 4.78 is 26.1. The predicted molar refractivity (Wildman–Crippen MR) is 211 cm³/mol. The van der Waals surface area contributed by atoms with Crippen molar-refractivity contribution in [2.24, 2.45) is 9.98 Å². The zero-order chi connectivity index (χ0) is 42.7. The van der Waals surface area contributed by atoms with Gasteiger partial charge < -0.3 is 49.3 Å². The van der Waals surface area contributed by atoms with E-state index in [1.165, 1.54) is 24.3 Å². The van der Waals surface area contributed by atoms with Crippen LogP contribution in [0.3, 0.4) is 0 Å². The summed E-state index contributed by atoms with van der Waals surface area (Å²) in [7, 11) is 0. The highest BCUT2D eigenvalue weighted by Crippen LogP contribution is 2.51. The van der Waals surface area contributed by atoms with Gasteiger partial charge in [0.25, 0.3) is 11.7 Å². The molecule has 0 radical (unpaired) electrons. The van der Waals surface area contributed by atoms with Crippen LogP contribution < -0.4 is 19.7 Å². The number of ketones is 2. The number of quaternary nitrogens is 1. The van der Waals surface area contributed by atoms with Gasteiger partial charge in [-0.15, -0.1) is 0 Å². The van der Waals surface area contributed by atoms with Gasteiger partial charge in [-0.1, -0.05) is 37.1 Å². The summed E-state index contributed by atoms with van der Waals surface area (Å²) in [5.41, 5.74) is 0.487. The maximum absolute atomic E-state index is 14.7. The van der Waals surface area contributed by atoms with Crippen molar-refractivity contribution in [3.05, 3.63) is 87.5 Å². The topological polar surface area (TPSA) is 271 Å². The van der Waals surface area contributed by atoms with Crippen molar-refractivity contribution in [1.82, 2.24) is 5.32 Å². The van der Waals surface area contributed by atoms with Crippen LogP contribution in [0.4, 0.5) is 5.69 Å². The molecule has 1 saturated carbocycles. The molecule has 6 aliphatic rings. The maximum Gasteiger partial charge on any atom is 0.284 e. The Morgan fingerprint density at radius 2 is 1.77 bits per heavy atom. The van der Waals surface area contributed by atoms with Gasteiger partial charge in [-0.3, -0.25) is 25.1 Å². The van der Waals surface area contributed by atoms with Crippen molar-refractivity contribution in [3.63, 3.8) is 0 Å². The summed E-state index contributed by atoms with van der Waals surface area (Å²) in [6.07, 6.45) is -6.75. The number of carbonyl (C=O) groups excluding carboxylic acids is 4. The average molecular weight is 839 g/mol. The fraction of sp³-hybridized carbons (Fsp3) is 0.419. The van der Waals surface area contributed by atoms with E-state index in [1.54, 1.807) is 12.1 Å². The lowest BCUT2D eigenvalue weighted by Gasteiger charge is -2.47. The van der Waals surface area contributed by atoms with Crippen molar-refractivity contribution in [2.75, 3.05) is 19.9 Å². The highest BCUT2D eigenvalue weighted by molar-refractivity contribution is 6.68. The normalized spacial score (nSPS) is 28.2. The second-order valence-electron chi connectivity index (χ2n) is 16.1. The summed E-state index contributed by atoms with van der Waals surface area (Å²) in [6, 6.07) is 13.1. The number of benzene rings is 3. The number of carbonyl (C=O) groups is 4. The summed E-state index contributed by atoms with van der Waals surface area (Å²) in [5, 5.41) is 65.6. The van der Waals surface area contributed by atoms with Gasteiger partial charge in [0.1, 0.15) is 43.0 Å². The smallest absolute Gasteiger partial charge is 0.284 e. The van der Waals surface area contributed by atoms with Crippen LogP contribution in [0, 0.1) is 5.41 Å². The quantitative estimate of drug-likeness (QED) is 0.106. The molecule has 2 fully saturated rings. The number of aliphatic imine (C=N–C) groups is 2. The van der Waals surface area contributed by atoms with E-state index < -0.39 is 79.0 Å². The minimum atomic E-state index is -1.85. The number of ether oxygens (including phenoxy) is 4. The molecule has 8 atom stereocenters. The van der Waals surface area contributed by atoms with Gasteiger partial charge in [0.2, 0.25) is 18.0 Å². The van der Waals surface area contributed by atoms with Gasteiger partial charge in [-0.05, 0) is 49.1 Å². The first-order valence-electron chi connectivity index (χ1n) is 20.2. The number of hydrogen-bond donors (Lipinski definition) is 8. The van der Waals surface area contributed by atoms with E-state index in [0.717, 1.165) is 12.8 Å². The molecule has 2 bridgehead atoms. The molecule has 3 aromatic carbocycles. The Bertz CT molecular complexity index is 2410. The molecule has 9 rings (SSSR count). The molecule has 2 aliphatic carbocycles. The molecule has 3 aromatic rings. The van der Waals surface area contributed by atoms with Crippen molar-refractivity contribution >= 4 is 47.0 Å². The zero-order valence-electron chi connectivity index (χ0n) is 32.7. The number of amides is 1. The third-order valence-electron chi connectivity index (χ3n) is 12.5. The fourth-order valence-corrected chi connectivity index (χ4v) is 9.48. The van der Waals surface area contributed by atoms with Gasteiger partial charge in [0.05, 0.1) is 23.9 Å². The molecule has 1 spiro atoms. The number of fused-ring (bicyclic) bond motifs is 7. The van der Waals surface area contributed by atoms with Gasteiger partial charge in [-0.25, -0.2) is 9.89 Å². The molecule has 0 aromatic heterocycles. The number of para-hydroxylation sites is 1. The molecular weight excluding hydrogens is 794 g/mol. The molecule has 4 aliphatic heterocycles. The molecule has 4 heterocycles. The Morgan fingerprint density at radius 3 is 2.54 bits per heavy atom. The minimum absolute atomic E-state index is 0.0266. The van der Waals surface area contributed by atoms with Crippen LogP contribution in [-0.2, 0) is 25.7 Å². The first kappa shape index (κ1) is 40.8. The van der Waals surface area contributed by atoms with E-state index in [0.29, 0.717) is 40.8 Å². The largest absolute Gasteiger partial charge is 0.486 e. The molecule has 18 heteroatoms. The number of aliphatic hydroxyl groups is 5. The van der Waals surface area contributed by atoms with E-state index in [-0.39, 0.29) is 82.9 Å². The number of hydrogen-bond acceptors (Lipinski definition) is 15. The highest BCUT2D eigenvalue weighted by Gasteiger charge is 2.56. The SMILES string of the molecule is N=C1N=C2C(=NC[NH+]2c2ccccc2C2CCOC3(CCCC3)C3OC(Oc4c2cc2c(c4OCC(O)CC=O)C(=O)c4cc(CO)ccc4C2=O)C(O)C(O)C3O)C(=O)N1. The molecule has 318 valence electrons. The number of nitrogens with zero attached hydrogens (tertiary/aromatic N) is 2. The van der Waals surface area contributed by atoms with E-state index >= 15 is 0 Å². The lowest BCUT2D eigenvalue weighted by molar-refractivity contribution is -0.723. The Balaban J connectivity index is 1.29. The highest BCUT2D eigenvalue weighted by atomic mass is 16.7.